The number of nitrogens with zero attached hydrogens (tertiary/aromatic N) is 4. The van der Waals surface area contributed by atoms with E-state index in [0.717, 1.165) is 25.3 Å². The predicted molar refractivity (Wildman–Crippen MR) is 251 cm³/mol. The van der Waals surface area contributed by atoms with Crippen molar-refractivity contribution in [2.45, 2.75) is 20.8 Å². The molecule has 1 heterocycles. The molecule has 0 amide bonds. The molecule has 0 bridgehead atoms. The number of fused-ring (bicyclic) bond motifs is 6. The van der Waals surface area contributed by atoms with Gasteiger partial charge in [-0.05, 0) is 116 Å². The fourth-order valence-electron chi connectivity index (χ4n) is 9.20. The Morgan fingerprint density at radius 3 is 1.07 bits per heavy atom. The van der Waals surface area contributed by atoms with Gasteiger partial charge in [0.25, 0.3) is 0 Å². The maximum atomic E-state index is 2.45. The molecule has 282 valence electrons. The van der Waals surface area contributed by atoms with Crippen LogP contribution in [0, 0.1) is 0 Å². The van der Waals surface area contributed by atoms with E-state index in [1.54, 1.807) is 0 Å². The number of hydrogen-bond acceptors (Lipinski definition) is 3. The summed E-state index contributed by atoms with van der Waals surface area (Å²) >= 11 is 0. The zero-order chi connectivity index (χ0) is 39.2. The molecule has 0 atom stereocenters. The summed E-state index contributed by atoms with van der Waals surface area (Å²) in [5, 5.41) is 10.0. The van der Waals surface area contributed by atoms with Crippen molar-refractivity contribution in [1.29, 1.82) is 0 Å². The molecule has 0 aliphatic heterocycles. The third-order valence-corrected chi connectivity index (χ3v) is 11.9. The van der Waals surface area contributed by atoms with E-state index in [1.807, 2.05) is 0 Å². The van der Waals surface area contributed by atoms with E-state index in [1.165, 1.54) is 88.2 Å². The molecule has 0 saturated carbocycles. The second kappa shape index (κ2) is 14.8. The molecule has 0 saturated heterocycles. The number of aromatic nitrogens is 1. The number of benzene rings is 9. The van der Waals surface area contributed by atoms with Crippen LogP contribution in [0.2, 0.25) is 0 Å². The summed E-state index contributed by atoms with van der Waals surface area (Å²) in [6, 6.07) is 69.1. The molecule has 0 aliphatic rings. The Balaban J connectivity index is 1.14. The number of rotatable bonds is 10. The van der Waals surface area contributed by atoms with Gasteiger partial charge in [-0.3, -0.25) is 0 Å². The van der Waals surface area contributed by atoms with Crippen LogP contribution in [0.3, 0.4) is 0 Å². The monoisotopic (exact) mass is 750 g/mol. The van der Waals surface area contributed by atoms with Crippen LogP contribution in [-0.2, 0) is 0 Å². The Morgan fingerprint density at radius 1 is 0.328 bits per heavy atom. The third kappa shape index (κ3) is 5.92. The molecular formula is C54H46N4. The Labute approximate surface area is 340 Å². The van der Waals surface area contributed by atoms with Crippen LogP contribution in [0.1, 0.15) is 20.8 Å². The van der Waals surface area contributed by atoms with Gasteiger partial charge >= 0.3 is 0 Å². The van der Waals surface area contributed by atoms with Gasteiger partial charge in [-0.15, -0.1) is 0 Å². The average molecular weight is 751 g/mol. The highest BCUT2D eigenvalue weighted by Gasteiger charge is 2.20. The first-order valence-electron chi connectivity index (χ1n) is 20.6. The molecule has 0 fully saturated rings. The topological polar surface area (TPSA) is 14.7 Å². The minimum atomic E-state index is 0.847. The summed E-state index contributed by atoms with van der Waals surface area (Å²) in [6.45, 7) is 9.28. The zero-order valence-electron chi connectivity index (χ0n) is 33.3. The van der Waals surface area contributed by atoms with E-state index >= 15 is 0 Å². The lowest BCUT2D eigenvalue weighted by Gasteiger charge is -2.25. The van der Waals surface area contributed by atoms with Crippen molar-refractivity contribution in [3.63, 3.8) is 0 Å². The van der Waals surface area contributed by atoms with Crippen LogP contribution in [-0.4, -0.2) is 24.2 Å². The van der Waals surface area contributed by atoms with Gasteiger partial charge in [0, 0.05) is 86.4 Å². The van der Waals surface area contributed by atoms with Gasteiger partial charge in [-0.1, -0.05) is 109 Å². The fourth-order valence-corrected chi connectivity index (χ4v) is 9.20. The molecule has 0 aliphatic carbocycles. The van der Waals surface area contributed by atoms with Crippen LogP contribution < -0.4 is 14.7 Å². The van der Waals surface area contributed by atoms with Gasteiger partial charge in [-0.2, -0.15) is 0 Å². The predicted octanol–water partition coefficient (Wildman–Crippen LogP) is 14.7. The summed E-state index contributed by atoms with van der Waals surface area (Å²) in [6.07, 6.45) is 0. The number of hydrogen-bond donors (Lipinski definition) is 0. The average Bonchev–Trinajstić information content (AvgIpc) is 3.61. The van der Waals surface area contributed by atoms with Crippen molar-refractivity contribution in [2.75, 3.05) is 34.3 Å². The lowest BCUT2D eigenvalue weighted by atomic mass is 10.1. The van der Waals surface area contributed by atoms with E-state index in [2.05, 4.69) is 228 Å². The molecule has 1 aromatic heterocycles. The van der Waals surface area contributed by atoms with E-state index in [-0.39, 0.29) is 0 Å². The van der Waals surface area contributed by atoms with Crippen molar-refractivity contribution in [3.05, 3.63) is 188 Å². The van der Waals surface area contributed by atoms with Gasteiger partial charge in [0.1, 0.15) is 0 Å². The molecule has 0 spiro atoms. The van der Waals surface area contributed by atoms with Crippen LogP contribution >= 0.6 is 0 Å². The Bertz CT molecular complexity index is 2940. The number of anilines is 6. The Hall–Kier alpha value is -7.04. The molecule has 0 radical (unpaired) electrons. The molecule has 0 unspecified atom stereocenters. The highest BCUT2D eigenvalue weighted by Crippen LogP contribution is 2.41. The summed E-state index contributed by atoms with van der Waals surface area (Å²) < 4.78 is 2.44. The first kappa shape index (κ1) is 35.4. The van der Waals surface area contributed by atoms with Crippen LogP contribution in [0.4, 0.5) is 34.1 Å². The Kier molecular flexibility index (Phi) is 9.03. The summed E-state index contributed by atoms with van der Waals surface area (Å²) in [5.41, 5.74) is 10.7. The van der Waals surface area contributed by atoms with Crippen molar-refractivity contribution >= 4 is 88.2 Å². The normalized spacial score (nSPS) is 11.6. The van der Waals surface area contributed by atoms with Gasteiger partial charge in [-0.25, -0.2) is 0 Å². The maximum Gasteiger partial charge on any atom is 0.0542 e. The van der Waals surface area contributed by atoms with Gasteiger partial charge < -0.3 is 19.3 Å². The summed E-state index contributed by atoms with van der Waals surface area (Å²) in [5.74, 6) is 0. The molecule has 4 heteroatoms. The summed E-state index contributed by atoms with van der Waals surface area (Å²) in [7, 11) is 0. The molecule has 9 aromatic carbocycles. The minimum absolute atomic E-state index is 0.847. The largest absolute Gasteiger partial charge is 0.341 e. The van der Waals surface area contributed by atoms with Gasteiger partial charge in [0.2, 0.25) is 0 Å². The molecule has 0 N–H and O–H groups in total. The van der Waals surface area contributed by atoms with Gasteiger partial charge in [0.15, 0.2) is 0 Å². The van der Waals surface area contributed by atoms with E-state index < -0.39 is 0 Å². The van der Waals surface area contributed by atoms with Crippen molar-refractivity contribution in [1.82, 2.24) is 4.57 Å². The fraction of sp³-hybridized carbons (Fsp3) is 0.111. The zero-order valence-corrected chi connectivity index (χ0v) is 33.3. The molecule has 4 nitrogen and oxygen atoms in total. The van der Waals surface area contributed by atoms with Crippen LogP contribution in [0.5, 0.6) is 0 Å². The van der Waals surface area contributed by atoms with Crippen LogP contribution in [0.15, 0.2) is 188 Å². The van der Waals surface area contributed by atoms with Gasteiger partial charge in [0.05, 0.1) is 11.0 Å². The molecular weight excluding hydrogens is 705 g/mol. The SMILES string of the molecule is CCN(c1ccc(-n2c3ccc(N(CC)c4cccc5ccccc45)cc3c3cc(N(CC)c4cccc5ccccc45)ccc32)cc1)c1cccc2ccccc12. The second-order valence-electron chi connectivity index (χ2n) is 15.0. The standard InChI is InChI=1S/C54H46N4/c1-4-55(50-25-13-19-38-16-7-10-22-45(38)50)41-28-30-42(31-29-41)58-53-34-32-43(56(5-2)51-26-14-20-39-17-8-11-23-46(39)51)36-48(53)49-37-44(33-35-54(49)58)57(6-3)52-27-15-21-40-18-9-12-24-47(40)52/h7-37H,4-6H2,1-3H3. The maximum absolute atomic E-state index is 2.45. The van der Waals surface area contributed by atoms with Crippen LogP contribution in [0.25, 0.3) is 59.8 Å². The highest BCUT2D eigenvalue weighted by atomic mass is 15.1. The first-order chi connectivity index (χ1) is 28.6. The second-order valence-corrected chi connectivity index (χ2v) is 15.0. The highest BCUT2D eigenvalue weighted by molar-refractivity contribution is 6.12. The Morgan fingerprint density at radius 2 is 0.672 bits per heavy atom. The lowest BCUT2D eigenvalue weighted by molar-refractivity contribution is 1.03. The smallest absolute Gasteiger partial charge is 0.0542 e. The quantitative estimate of drug-likeness (QED) is 0.138. The lowest BCUT2D eigenvalue weighted by Crippen LogP contribution is -2.16. The van der Waals surface area contributed by atoms with E-state index in [0.29, 0.717) is 0 Å². The van der Waals surface area contributed by atoms with E-state index in [9.17, 15) is 0 Å². The molecule has 58 heavy (non-hydrogen) atoms. The van der Waals surface area contributed by atoms with Crippen molar-refractivity contribution in [3.8, 4) is 5.69 Å². The third-order valence-electron chi connectivity index (χ3n) is 11.9. The summed E-state index contributed by atoms with van der Waals surface area (Å²) in [4.78, 5) is 7.31. The first-order valence-corrected chi connectivity index (χ1v) is 20.6. The van der Waals surface area contributed by atoms with Crippen molar-refractivity contribution < 1.29 is 0 Å². The van der Waals surface area contributed by atoms with Crippen molar-refractivity contribution in [2.24, 2.45) is 0 Å². The molecule has 10 rings (SSSR count). The van der Waals surface area contributed by atoms with E-state index in [4.69, 9.17) is 0 Å². The molecule has 10 aromatic rings. The minimum Gasteiger partial charge on any atom is -0.341 e.